The summed E-state index contributed by atoms with van der Waals surface area (Å²) < 4.78 is 5.41. The zero-order valence-corrected chi connectivity index (χ0v) is 16.8. The van der Waals surface area contributed by atoms with E-state index in [1.54, 1.807) is 4.90 Å². The Morgan fingerprint density at radius 2 is 1.85 bits per heavy atom. The Balaban J connectivity index is 1.77. The number of nitrogens with two attached hydrogens (primary N) is 1. The molecule has 1 aromatic rings. The van der Waals surface area contributed by atoms with Crippen molar-refractivity contribution in [3.8, 4) is 0 Å². The predicted molar refractivity (Wildman–Crippen MR) is 106 cm³/mol. The number of carbonyl (C=O) groups is 2. The van der Waals surface area contributed by atoms with E-state index in [2.05, 4.69) is 0 Å². The van der Waals surface area contributed by atoms with Gasteiger partial charge in [0.25, 0.3) is 0 Å². The number of benzene rings is 1. The topological polar surface area (TPSA) is 75.9 Å². The molecule has 1 saturated heterocycles. The van der Waals surface area contributed by atoms with Crippen LogP contribution in [0.3, 0.4) is 0 Å². The van der Waals surface area contributed by atoms with Gasteiger partial charge in [-0.3, -0.25) is 4.79 Å². The quantitative estimate of drug-likeness (QED) is 0.795. The van der Waals surface area contributed by atoms with E-state index in [1.165, 1.54) is 0 Å². The Morgan fingerprint density at radius 3 is 2.41 bits per heavy atom. The fourth-order valence-corrected chi connectivity index (χ4v) is 3.29. The summed E-state index contributed by atoms with van der Waals surface area (Å²) in [5, 5.41) is 0. The molecule has 0 bridgehead atoms. The van der Waals surface area contributed by atoms with Crippen molar-refractivity contribution in [2.75, 3.05) is 26.2 Å². The third-order valence-electron chi connectivity index (χ3n) is 5.25. The van der Waals surface area contributed by atoms with Crippen molar-refractivity contribution in [1.29, 1.82) is 0 Å². The second kappa shape index (κ2) is 10.3. The molecular weight excluding hydrogens is 342 g/mol. The van der Waals surface area contributed by atoms with Crippen molar-refractivity contribution in [2.45, 2.75) is 46.3 Å². The smallest absolute Gasteiger partial charge is 0.410 e. The van der Waals surface area contributed by atoms with Gasteiger partial charge in [-0.2, -0.15) is 0 Å². The largest absolute Gasteiger partial charge is 0.445 e. The predicted octanol–water partition coefficient (Wildman–Crippen LogP) is 2.87. The molecule has 1 atom stereocenters. The third kappa shape index (κ3) is 6.24. The summed E-state index contributed by atoms with van der Waals surface area (Å²) in [6.45, 7) is 8.93. The van der Waals surface area contributed by atoms with E-state index in [-0.39, 0.29) is 17.9 Å². The molecule has 0 aromatic heterocycles. The first-order valence-corrected chi connectivity index (χ1v) is 9.92. The first kappa shape index (κ1) is 21.2. The lowest BCUT2D eigenvalue weighted by Crippen LogP contribution is -2.49. The lowest BCUT2D eigenvalue weighted by Gasteiger charge is -2.35. The second-order valence-electron chi connectivity index (χ2n) is 7.62. The van der Waals surface area contributed by atoms with E-state index in [1.807, 2.05) is 56.0 Å². The number of ether oxygens (including phenoxy) is 1. The van der Waals surface area contributed by atoms with E-state index in [0.29, 0.717) is 38.7 Å². The van der Waals surface area contributed by atoms with Crippen LogP contribution < -0.4 is 5.73 Å². The Labute approximate surface area is 162 Å². The number of likely N-dealkylation sites (tertiary alicyclic amines) is 1. The van der Waals surface area contributed by atoms with Gasteiger partial charge < -0.3 is 20.3 Å². The molecule has 2 rings (SSSR count). The van der Waals surface area contributed by atoms with Crippen LogP contribution in [0, 0.1) is 11.8 Å². The number of piperidine rings is 1. The standard InChI is InChI=1S/C21H33N3O3/c1-4-23(20(25)19(22)16(2)3)14-17-10-12-24(13-11-17)21(26)27-15-18-8-6-5-7-9-18/h5-9,16-17,19H,4,10-15,22H2,1-3H3/t19-/m0/s1. The van der Waals surface area contributed by atoms with Gasteiger partial charge in [-0.25, -0.2) is 4.79 Å². The highest BCUT2D eigenvalue weighted by molar-refractivity contribution is 5.81. The van der Waals surface area contributed by atoms with Crippen LogP contribution in [-0.4, -0.2) is 54.0 Å². The number of amides is 2. The minimum atomic E-state index is -0.446. The lowest BCUT2D eigenvalue weighted by atomic mass is 9.95. The zero-order chi connectivity index (χ0) is 19.8. The molecule has 6 nitrogen and oxygen atoms in total. The van der Waals surface area contributed by atoms with Gasteiger partial charge in [0, 0.05) is 26.2 Å². The number of nitrogens with zero attached hydrogens (tertiary/aromatic N) is 2. The molecule has 0 aliphatic carbocycles. The number of hydrogen-bond donors (Lipinski definition) is 1. The van der Waals surface area contributed by atoms with E-state index >= 15 is 0 Å². The van der Waals surface area contributed by atoms with Crippen LogP contribution in [0.15, 0.2) is 30.3 Å². The van der Waals surface area contributed by atoms with E-state index in [9.17, 15) is 9.59 Å². The highest BCUT2D eigenvalue weighted by Crippen LogP contribution is 2.20. The highest BCUT2D eigenvalue weighted by Gasteiger charge is 2.28. The summed E-state index contributed by atoms with van der Waals surface area (Å²) in [5.41, 5.74) is 7.01. The Morgan fingerprint density at radius 1 is 1.22 bits per heavy atom. The van der Waals surface area contributed by atoms with Crippen molar-refractivity contribution in [3.05, 3.63) is 35.9 Å². The molecule has 0 saturated carbocycles. The van der Waals surface area contributed by atoms with E-state index < -0.39 is 6.04 Å². The lowest BCUT2D eigenvalue weighted by molar-refractivity contribution is -0.134. The van der Waals surface area contributed by atoms with Gasteiger partial charge in [0.2, 0.25) is 5.91 Å². The van der Waals surface area contributed by atoms with Crippen LogP contribution in [0.4, 0.5) is 4.79 Å². The average Bonchev–Trinajstić information content (AvgIpc) is 2.70. The van der Waals surface area contributed by atoms with Crippen molar-refractivity contribution in [1.82, 2.24) is 9.80 Å². The monoisotopic (exact) mass is 375 g/mol. The van der Waals surface area contributed by atoms with Crippen LogP contribution >= 0.6 is 0 Å². The van der Waals surface area contributed by atoms with Gasteiger partial charge in [0.15, 0.2) is 0 Å². The minimum absolute atomic E-state index is 0.0252. The van der Waals surface area contributed by atoms with Gasteiger partial charge in [-0.05, 0) is 37.2 Å². The van der Waals surface area contributed by atoms with Gasteiger partial charge in [0.05, 0.1) is 6.04 Å². The molecule has 2 N–H and O–H groups in total. The van der Waals surface area contributed by atoms with E-state index in [4.69, 9.17) is 10.5 Å². The maximum absolute atomic E-state index is 12.5. The first-order valence-electron chi connectivity index (χ1n) is 9.92. The second-order valence-corrected chi connectivity index (χ2v) is 7.62. The molecule has 0 spiro atoms. The maximum Gasteiger partial charge on any atom is 0.410 e. The maximum atomic E-state index is 12.5. The van der Waals surface area contributed by atoms with Crippen LogP contribution in [0.2, 0.25) is 0 Å². The minimum Gasteiger partial charge on any atom is -0.445 e. The number of carbonyl (C=O) groups excluding carboxylic acids is 2. The third-order valence-corrected chi connectivity index (χ3v) is 5.25. The summed E-state index contributed by atoms with van der Waals surface area (Å²) in [4.78, 5) is 28.4. The number of rotatable bonds is 7. The molecule has 0 radical (unpaired) electrons. The molecule has 1 aliphatic rings. The summed E-state index contributed by atoms with van der Waals surface area (Å²) in [5.74, 6) is 0.552. The fourth-order valence-electron chi connectivity index (χ4n) is 3.29. The fraction of sp³-hybridized carbons (Fsp3) is 0.619. The number of likely N-dealkylation sites (N-methyl/N-ethyl adjacent to an activating group) is 1. The van der Waals surface area contributed by atoms with Crippen molar-refractivity contribution in [2.24, 2.45) is 17.6 Å². The molecule has 1 aliphatic heterocycles. The molecule has 1 heterocycles. The summed E-state index contributed by atoms with van der Waals surface area (Å²) in [6.07, 6.45) is 1.49. The zero-order valence-electron chi connectivity index (χ0n) is 16.8. The summed E-state index contributed by atoms with van der Waals surface area (Å²) in [7, 11) is 0. The van der Waals surface area contributed by atoms with Crippen molar-refractivity contribution < 1.29 is 14.3 Å². The van der Waals surface area contributed by atoms with Crippen molar-refractivity contribution in [3.63, 3.8) is 0 Å². The molecule has 1 fully saturated rings. The molecule has 1 aromatic carbocycles. The van der Waals surface area contributed by atoms with Gasteiger partial charge in [0.1, 0.15) is 6.61 Å². The van der Waals surface area contributed by atoms with Gasteiger partial charge in [-0.1, -0.05) is 44.2 Å². The van der Waals surface area contributed by atoms with Crippen LogP contribution in [-0.2, 0) is 16.1 Å². The molecule has 27 heavy (non-hydrogen) atoms. The SMILES string of the molecule is CCN(CC1CCN(C(=O)OCc2ccccc2)CC1)C(=O)[C@@H](N)C(C)C. The molecule has 0 unspecified atom stereocenters. The molecular formula is C21H33N3O3. The Kier molecular flexibility index (Phi) is 8.10. The highest BCUT2D eigenvalue weighted by atomic mass is 16.6. The summed E-state index contributed by atoms with van der Waals surface area (Å²) >= 11 is 0. The van der Waals surface area contributed by atoms with Gasteiger partial charge in [-0.15, -0.1) is 0 Å². The van der Waals surface area contributed by atoms with E-state index in [0.717, 1.165) is 18.4 Å². The van der Waals surface area contributed by atoms with Crippen LogP contribution in [0.25, 0.3) is 0 Å². The Hall–Kier alpha value is -2.08. The summed E-state index contributed by atoms with van der Waals surface area (Å²) in [6, 6.07) is 9.24. The average molecular weight is 376 g/mol. The number of hydrogen-bond acceptors (Lipinski definition) is 4. The van der Waals surface area contributed by atoms with Gasteiger partial charge >= 0.3 is 6.09 Å². The normalized spacial score (nSPS) is 16.3. The van der Waals surface area contributed by atoms with Crippen LogP contribution in [0.1, 0.15) is 39.2 Å². The molecule has 2 amide bonds. The molecule has 150 valence electrons. The first-order chi connectivity index (χ1) is 12.9. The van der Waals surface area contributed by atoms with Crippen LogP contribution in [0.5, 0.6) is 0 Å². The van der Waals surface area contributed by atoms with Crippen molar-refractivity contribution >= 4 is 12.0 Å². The Bertz CT molecular complexity index is 598. The molecule has 6 heteroatoms.